The van der Waals surface area contributed by atoms with E-state index in [1.165, 1.54) is 32.4 Å². The number of amides is 2. The van der Waals surface area contributed by atoms with Crippen LogP contribution in [-0.2, 0) is 52.0 Å². The molecule has 52 heavy (non-hydrogen) atoms. The van der Waals surface area contributed by atoms with Gasteiger partial charge in [-0.2, -0.15) is 18.3 Å². The number of pyridine rings is 1. The van der Waals surface area contributed by atoms with Crippen LogP contribution < -0.4 is 10.6 Å². The van der Waals surface area contributed by atoms with Crippen molar-refractivity contribution in [3.8, 4) is 11.3 Å². The third-order valence-electron chi connectivity index (χ3n) is 9.25. The van der Waals surface area contributed by atoms with Crippen LogP contribution in [0.4, 0.5) is 24.8 Å². The normalized spacial score (nSPS) is 16.8. The molecule has 2 N–H and O–H groups in total. The van der Waals surface area contributed by atoms with E-state index >= 15 is 0 Å². The van der Waals surface area contributed by atoms with Gasteiger partial charge in [0.25, 0.3) is 0 Å². The summed E-state index contributed by atoms with van der Waals surface area (Å²) in [5, 5.41) is 8.17. The molecule has 286 valence electrons. The Kier molecular flexibility index (Phi) is 12.6. The predicted molar refractivity (Wildman–Crippen MR) is 189 cm³/mol. The molecule has 1 aromatic carbocycles. The van der Waals surface area contributed by atoms with E-state index < -0.39 is 63.2 Å². The van der Waals surface area contributed by atoms with Gasteiger partial charge in [0, 0.05) is 51.3 Å². The lowest BCUT2D eigenvalue weighted by Gasteiger charge is -2.31. The molecular formula is C34H44F3N5O8S2. The molecule has 5 rings (SSSR count). The number of sulfone groups is 2. The van der Waals surface area contributed by atoms with Crippen LogP contribution in [0.3, 0.4) is 0 Å². The maximum atomic E-state index is 13.0. The molecule has 0 atom stereocenters. The Bertz CT molecular complexity index is 1920. The van der Waals surface area contributed by atoms with E-state index in [0.29, 0.717) is 69.8 Å². The van der Waals surface area contributed by atoms with Crippen LogP contribution in [0.2, 0.25) is 0 Å². The second-order valence-corrected chi connectivity index (χ2v) is 19.0. The van der Waals surface area contributed by atoms with E-state index in [-0.39, 0.29) is 5.82 Å². The largest absolute Gasteiger partial charge is 0.417 e. The van der Waals surface area contributed by atoms with Crippen LogP contribution in [0.5, 0.6) is 0 Å². The summed E-state index contributed by atoms with van der Waals surface area (Å²) in [5.41, 5.74) is 0.667. The van der Waals surface area contributed by atoms with E-state index in [4.69, 9.17) is 9.47 Å². The third-order valence-corrected chi connectivity index (χ3v) is 15.2. The lowest BCUT2D eigenvalue weighted by molar-refractivity contribution is -0.137. The average Bonchev–Trinajstić information content (AvgIpc) is 3.48. The molecule has 0 aliphatic carbocycles. The number of carbonyl (C=O) groups is 2. The van der Waals surface area contributed by atoms with Gasteiger partial charge >= 0.3 is 6.18 Å². The van der Waals surface area contributed by atoms with Gasteiger partial charge in [-0.15, -0.1) is 0 Å². The number of alkyl halides is 3. The summed E-state index contributed by atoms with van der Waals surface area (Å²) in [7, 11) is -5.76. The minimum Gasteiger partial charge on any atom is -0.381 e. The van der Waals surface area contributed by atoms with Crippen molar-refractivity contribution in [3.63, 3.8) is 0 Å². The summed E-state index contributed by atoms with van der Waals surface area (Å²) in [6.45, 7) is 6.90. The van der Waals surface area contributed by atoms with E-state index in [2.05, 4.69) is 20.7 Å². The first-order chi connectivity index (χ1) is 24.2. The van der Waals surface area contributed by atoms with Crippen molar-refractivity contribution < 1.29 is 49.1 Å². The van der Waals surface area contributed by atoms with Crippen LogP contribution >= 0.6 is 0 Å². The Morgan fingerprint density at radius 2 is 1.25 bits per heavy atom. The molecule has 2 aliphatic rings. The van der Waals surface area contributed by atoms with E-state index in [0.717, 1.165) is 17.7 Å². The third kappa shape index (κ3) is 9.01. The Morgan fingerprint density at radius 3 is 1.69 bits per heavy atom. The van der Waals surface area contributed by atoms with Crippen LogP contribution in [-0.4, -0.2) is 89.8 Å². The van der Waals surface area contributed by atoms with Gasteiger partial charge in [-0.1, -0.05) is 30.3 Å². The molecule has 0 unspecified atom stereocenters. The molecule has 2 aromatic heterocycles. The van der Waals surface area contributed by atoms with Gasteiger partial charge in [0.05, 0.1) is 21.8 Å². The van der Waals surface area contributed by atoms with Crippen molar-refractivity contribution in [2.24, 2.45) is 7.05 Å². The van der Waals surface area contributed by atoms with Crippen LogP contribution in [0, 0.1) is 0 Å². The number of halogens is 3. The zero-order valence-corrected chi connectivity index (χ0v) is 31.2. The minimum atomic E-state index is -4.54. The summed E-state index contributed by atoms with van der Waals surface area (Å²) in [4.78, 5) is 28.8. The highest BCUT2D eigenvalue weighted by Crippen LogP contribution is 2.32. The van der Waals surface area contributed by atoms with Gasteiger partial charge < -0.3 is 20.1 Å². The number of nitrogens with one attached hydrogen (secondary N) is 2. The Balaban J connectivity index is 0.000000234. The van der Waals surface area contributed by atoms with Crippen LogP contribution in [0.1, 0.15) is 58.9 Å². The topological polar surface area (TPSA) is 176 Å². The van der Waals surface area contributed by atoms with Gasteiger partial charge in [-0.25, -0.2) is 21.8 Å². The monoisotopic (exact) mass is 771 g/mol. The minimum absolute atomic E-state index is 0.145. The predicted octanol–water partition coefficient (Wildman–Crippen LogP) is 4.81. The first kappa shape index (κ1) is 40.9. The highest BCUT2D eigenvalue weighted by atomic mass is 32.2. The summed E-state index contributed by atoms with van der Waals surface area (Å²) in [6, 6.07) is 13.1. The van der Waals surface area contributed by atoms with Crippen molar-refractivity contribution in [3.05, 3.63) is 60.3 Å². The number of hydrogen-bond donors (Lipinski definition) is 2. The highest BCUT2D eigenvalue weighted by Gasteiger charge is 2.48. The molecule has 0 bridgehead atoms. The maximum Gasteiger partial charge on any atom is 0.417 e. The summed E-state index contributed by atoms with van der Waals surface area (Å²) < 4.78 is 97.7. The molecule has 18 heteroatoms. The zero-order valence-electron chi connectivity index (χ0n) is 29.6. The van der Waals surface area contributed by atoms with Crippen molar-refractivity contribution >= 4 is 43.1 Å². The Hall–Kier alpha value is -3.87. The van der Waals surface area contributed by atoms with Crippen molar-refractivity contribution in [1.82, 2.24) is 14.8 Å². The average molecular weight is 772 g/mol. The van der Waals surface area contributed by atoms with Gasteiger partial charge in [0.15, 0.2) is 19.7 Å². The number of ether oxygens (including phenoxy) is 2. The summed E-state index contributed by atoms with van der Waals surface area (Å²) in [6.07, 6.45) is -2.52. The van der Waals surface area contributed by atoms with Crippen molar-refractivity contribution in [2.75, 3.05) is 37.1 Å². The van der Waals surface area contributed by atoms with Gasteiger partial charge in [-0.3, -0.25) is 14.3 Å². The number of benzene rings is 1. The summed E-state index contributed by atoms with van der Waals surface area (Å²) >= 11 is 0. The quantitative estimate of drug-likeness (QED) is 0.307. The fraction of sp³-hybridized carbons (Fsp3) is 0.529. The molecule has 4 heterocycles. The molecule has 2 saturated heterocycles. The SMILES string of the molecule is CC(C)(C(=O)Nc1ccc(C(F)(F)F)cn1)S(=O)(=O)C1CCOCC1.Cn1nc(-c2ccccc2)cc1NC(=O)C(C)(C)S(=O)(=O)C1CCOCC1. The molecular weight excluding hydrogens is 728 g/mol. The van der Waals surface area contributed by atoms with Crippen LogP contribution in [0.15, 0.2) is 54.7 Å². The lowest BCUT2D eigenvalue weighted by Crippen LogP contribution is -2.50. The second kappa shape index (κ2) is 16.0. The number of aromatic nitrogens is 3. The molecule has 0 radical (unpaired) electrons. The standard InChI is InChI=1S/C19H25N3O4S.C15H19F3N2O4S/c1-19(2,27(24,25)15-9-11-26-12-10-15)18(23)20-17-13-16(21-22(17)3)14-7-5-4-6-8-14;1-14(2,25(22,23)11-5-7-24-8-6-11)13(21)20-12-4-3-10(9-19-12)15(16,17)18/h4-8,13,15H,9-12H2,1-3H3,(H,20,23);3-4,9,11H,5-8H2,1-2H3,(H,19,20,21). The fourth-order valence-electron chi connectivity index (χ4n) is 5.57. The Morgan fingerprint density at radius 1 is 0.769 bits per heavy atom. The number of carbonyl (C=O) groups excluding carboxylic acids is 2. The molecule has 0 saturated carbocycles. The van der Waals surface area contributed by atoms with E-state index in [9.17, 15) is 39.6 Å². The van der Waals surface area contributed by atoms with E-state index in [1.54, 1.807) is 13.1 Å². The first-order valence-electron chi connectivity index (χ1n) is 16.6. The van der Waals surface area contributed by atoms with Gasteiger partial charge in [0.2, 0.25) is 11.8 Å². The molecule has 2 fully saturated rings. The number of nitrogens with zero attached hydrogens (tertiary/aromatic N) is 3. The van der Waals surface area contributed by atoms with E-state index in [1.807, 2.05) is 30.3 Å². The Labute approximate surface area is 301 Å². The fourth-order valence-corrected chi connectivity index (χ4v) is 9.48. The maximum absolute atomic E-state index is 13.0. The lowest BCUT2D eigenvalue weighted by atomic mass is 10.1. The second-order valence-electron chi connectivity index (χ2n) is 13.5. The number of aryl methyl sites for hydroxylation is 1. The molecule has 13 nitrogen and oxygen atoms in total. The van der Waals surface area contributed by atoms with Gasteiger partial charge in [-0.05, 0) is 65.5 Å². The van der Waals surface area contributed by atoms with Gasteiger partial charge in [0.1, 0.15) is 21.1 Å². The molecule has 0 spiro atoms. The van der Waals surface area contributed by atoms with Crippen LogP contribution in [0.25, 0.3) is 11.3 Å². The van der Waals surface area contributed by atoms with Crippen molar-refractivity contribution in [2.45, 2.75) is 79.5 Å². The highest BCUT2D eigenvalue weighted by molar-refractivity contribution is 7.94. The summed E-state index contributed by atoms with van der Waals surface area (Å²) in [5.74, 6) is -1.09. The zero-order chi connectivity index (χ0) is 38.5. The van der Waals surface area contributed by atoms with Crippen molar-refractivity contribution in [1.29, 1.82) is 0 Å². The molecule has 2 aliphatic heterocycles. The molecule has 3 aromatic rings. The molecule has 2 amide bonds. The smallest absolute Gasteiger partial charge is 0.381 e. The number of rotatable bonds is 9. The number of anilines is 2. The first-order valence-corrected chi connectivity index (χ1v) is 19.7. The number of hydrogen-bond acceptors (Lipinski definition) is 10.